The van der Waals surface area contributed by atoms with Crippen LogP contribution in [0.4, 0.5) is 10.5 Å². The van der Waals surface area contributed by atoms with Crippen LogP contribution >= 0.6 is 0 Å². The molecule has 1 aromatic carbocycles. The molecule has 1 saturated carbocycles. The number of carbonyl (C=O) groups excluding carboxylic acids is 1. The Balaban J connectivity index is 1.95. The smallest absolute Gasteiger partial charge is 0.407 e. The summed E-state index contributed by atoms with van der Waals surface area (Å²) < 4.78 is 5.18. The minimum absolute atomic E-state index is 0.130. The van der Waals surface area contributed by atoms with E-state index in [1.165, 1.54) is 6.07 Å². The second-order valence-electron chi connectivity index (χ2n) is 6.59. The molecule has 0 aromatic heterocycles. The highest BCUT2D eigenvalue weighted by atomic mass is 16.6. The average Bonchev–Trinajstić information content (AvgIpc) is 3.20. The summed E-state index contributed by atoms with van der Waals surface area (Å²) in [4.78, 5) is 22.1. The van der Waals surface area contributed by atoms with Crippen LogP contribution in [0, 0.1) is 10.1 Å². The highest BCUT2D eigenvalue weighted by molar-refractivity contribution is 5.67. The summed E-state index contributed by atoms with van der Waals surface area (Å²) in [7, 11) is 0. The molecule has 2 rings (SSSR count). The molecule has 1 aromatic rings. The first-order valence-electron chi connectivity index (χ1n) is 7.50. The quantitative estimate of drug-likeness (QED) is 0.666. The van der Waals surface area contributed by atoms with Crippen molar-refractivity contribution in [1.82, 2.24) is 5.32 Å². The fraction of sp³-hybridized carbons (Fsp3) is 0.562. The van der Waals surface area contributed by atoms with Crippen LogP contribution in [0.5, 0.6) is 0 Å². The van der Waals surface area contributed by atoms with Gasteiger partial charge in [0.2, 0.25) is 0 Å². The molecule has 0 heterocycles. The maximum absolute atomic E-state index is 11.6. The van der Waals surface area contributed by atoms with E-state index in [0.717, 1.165) is 24.0 Å². The highest BCUT2D eigenvalue weighted by Crippen LogP contribution is 2.42. The van der Waals surface area contributed by atoms with Gasteiger partial charge in [-0.2, -0.15) is 0 Å². The lowest BCUT2D eigenvalue weighted by Crippen LogP contribution is -2.33. The third-order valence-electron chi connectivity index (χ3n) is 3.42. The first-order valence-corrected chi connectivity index (χ1v) is 7.50. The summed E-state index contributed by atoms with van der Waals surface area (Å²) >= 11 is 0. The first-order chi connectivity index (χ1) is 10.3. The highest BCUT2D eigenvalue weighted by Gasteiger charge is 2.27. The lowest BCUT2D eigenvalue weighted by molar-refractivity contribution is -0.384. The summed E-state index contributed by atoms with van der Waals surface area (Å²) in [6, 6.07) is 4.98. The van der Waals surface area contributed by atoms with Gasteiger partial charge in [0, 0.05) is 18.7 Å². The van der Waals surface area contributed by atoms with Crippen molar-refractivity contribution in [3.63, 3.8) is 0 Å². The van der Waals surface area contributed by atoms with E-state index in [0.29, 0.717) is 18.9 Å². The second-order valence-corrected chi connectivity index (χ2v) is 6.59. The van der Waals surface area contributed by atoms with Crippen LogP contribution in [0.15, 0.2) is 18.2 Å². The Hall–Kier alpha value is -2.11. The molecular weight excluding hydrogens is 284 g/mol. The van der Waals surface area contributed by atoms with Crippen molar-refractivity contribution in [1.29, 1.82) is 0 Å². The Morgan fingerprint density at radius 3 is 2.64 bits per heavy atom. The lowest BCUT2D eigenvalue weighted by atomic mass is 10.00. The molecule has 0 unspecified atom stereocenters. The number of rotatable bonds is 5. The number of nitro groups is 1. The van der Waals surface area contributed by atoms with E-state index in [2.05, 4.69) is 5.32 Å². The standard InChI is InChI=1S/C16H22N2O4/c1-16(2,3)22-15(19)17-9-8-12-6-7-13(18(20)21)10-14(12)11-4-5-11/h6-7,10-11H,4-5,8-9H2,1-3H3,(H,17,19). The second kappa shape index (κ2) is 6.34. The molecule has 22 heavy (non-hydrogen) atoms. The van der Waals surface area contributed by atoms with E-state index >= 15 is 0 Å². The summed E-state index contributed by atoms with van der Waals surface area (Å²) in [5, 5.41) is 13.6. The predicted molar refractivity (Wildman–Crippen MR) is 83.0 cm³/mol. The topological polar surface area (TPSA) is 81.5 Å². The Morgan fingerprint density at radius 2 is 2.09 bits per heavy atom. The molecule has 6 heteroatoms. The minimum Gasteiger partial charge on any atom is -0.444 e. The van der Waals surface area contributed by atoms with Gasteiger partial charge in [0.15, 0.2) is 0 Å². The maximum Gasteiger partial charge on any atom is 0.407 e. The van der Waals surface area contributed by atoms with E-state index < -0.39 is 11.7 Å². The number of amides is 1. The van der Waals surface area contributed by atoms with Crippen molar-refractivity contribution in [3.05, 3.63) is 39.4 Å². The van der Waals surface area contributed by atoms with Gasteiger partial charge in [0.1, 0.15) is 5.60 Å². The van der Waals surface area contributed by atoms with Crippen LogP contribution in [0.2, 0.25) is 0 Å². The number of hydrogen-bond acceptors (Lipinski definition) is 4. The Morgan fingerprint density at radius 1 is 1.41 bits per heavy atom. The van der Waals surface area contributed by atoms with Crippen LogP contribution < -0.4 is 5.32 Å². The molecule has 0 aliphatic heterocycles. The Kier molecular flexibility index (Phi) is 4.68. The van der Waals surface area contributed by atoms with E-state index in [1.807, 2.05) is 20.8 Å². The van der Waals surface area contributed by atoms with Crippen LogP contribution in [0.1, 0.15) is 50.7 Å². The number of non-ortho nitro benzene ring substituents is 1. The molecule has 0 saturated heterocycles. The molecule has 0 bridgehead atoms. The SMILES string of the molecule is CC(C)(C)OC(=O)NCCc1ccc([N+](=O)[O-])cc1C1CC1. The average molecular weight is 306 g/mol. The third-order valence-corrected chi connectivity index (χ3v) is 3.42. The number of carbonyl (C=O) groups is 1. The molecule has 120 valence electrons. The molecule has 6 nitrogen and oxygen atoms in total. The molecule has 1 fully saturated rings. The van der Waals surface area contributed by atoms with Crippen molar-refractivity contribution in [3.8, 4) is 0 Å². The number of nitrogens with zero attached hydrogens (tertiary/aromatic N) is 1. The zero-order valence-corrected chi connectivity index (χ0v) is 13.2. The van der Waals surface area contributed by atoms with Crippen molar-refractivity contribution >= 4 is 11.8 Å². The van der Waals surface area contributed by atoms with Crippen LogP contribution in [0.3, 0.4) is 0 Å². The molecule has 1 amide bonds. The van der Waals surface area contributed by atoms with Crippen molar-refractivity contribution in [2.24, 2.45) is 0 Å². The number of nitrogens with one attached hydrogen (secondary N) is 1. The zero-order valence-electron chi connectivity index (χ0n) is 13.2. The number of benzene rings is 1. The van der Waals surface area contributed by atoms with Crippen LogP contribution in [-0.2, 0) is 11.2 Å². The lowest BCUT2D eigenvalue weighted by Gasteiger charge is -2.19. The van der Waals surface area contributed by atoms with Gasteiger partial charge in [0.05, 0.1) is 4.92 Å². The number of hydrogen-bond donors (Lipinski definition) is 1. The fourth-order valence-corrected chi connectivity index (χ4v) is 2.31. The fourth-order valence-electron chi connectivity index (χ4n) is 2.31. The van der Waals surface area contributed by atoms with E-state index in [-0.39, 0.29) is 10.6 Å². The summed E-state index contributed by atoms with van der Waals surface area (Å²) in [5.41, 5.74) is 1.71. The predicted octanol–water partition coefficient (Wildman–Crippen LogP) is 3.54. The molecule has 0 spiro atoms. The summed E-state index contributed by atoms with van der Waals surface area (Å²) in [6.45, 7) is 5.89. The van der Waals surface area contributed by atoms with Gasteiger partial charge in [-0.3, -0.25) is 10.1 Å². The van der Waals surface area contributed by atoms with Gasteiger partial charge in [-0.25, -0.2) is 4.79 Å². The number of nitro benzene ring substituents is 1. The third kappa shape index (κ3) is 4.72. The molecule has 0 atom stereocenters. The Labute approximate surface area is 130 Å². The largest absolute Gasteiger partial charge is 0.444 e. The van der Waals surface area contributed by atoms with Gasteiger partial charge in [-0.1, -0.05) is 6.07 Å². The van der Waals surface area contributed by atoms with Crippen LogP contribution in [0.25, 0.3) is 0 Å². The van der Waals surface area contributed by atoms with Crippen molar-refractivity contribution in [2.45, 2.75) is 51.6 Å². The van der Waals surface area contributed by atoms with Gasteiger partial charge in [0.25, 0.3) is 5.69 Å². The molecule has 1 aliphatic carbocycles. The Bertz CT molecular complexity index is 574. The molecule has 0 radical (unpaired) electrons. The van der Waals surface area contributed by atoms with E-state index in [1.54, 1.807) is 12.1 Å². The van der Waals surface area contributed by atoms with Gasteiger partial charge < -0.3 is 10.1 Å². The number of alkyl carbamates (subject to hydrolysis) is 1. The van der Waals surface area contributed by atoms with Crippen molar-refractivity contribution in [2.75, 3.05) is 6.54 Å². The summed E-state index contributed by atoms with van der Waals surface area (Å²) in [6.07, 6.45) is 2.35. The molecule has 1 N–H and O–H groups in total. The van der Waals surface area contributed by atoms with Gasteiger partial charge >= 0.3 is 6.09 Å². The van der Waals surface area contributed by atoms with E-state index in [9.17, 15) is 14.9 Å². The molecule has 1 aliphatic rings. The van der Waals surface area contributed by atoms with Crippen molar-refractivity contribution < 1.29 is 14.5 Å². The summed E-state index contributed by atoms with van der Waals surface area (Å²) in [5.74, 6) is 0.427. The van der Waals surface area contributed by atoms with Gasteiger partial charge in [-0.05, 0) is 57.1 Å². The minimum atomic E-state index is -0.517. The monoisotopic (exact) mass is 306 g/mol. The van der Waals surface area contributed by atoms with E-state index in [4.69, 9.17) is 4.74 Å². The van der Waals surface area contributed by atoms with Crippen LogP contribution in [-0.4, -0.2) is 23.2 Å². The van der Waals surface area contributed by atoms with Gasteiger partial charge in [-0.15, -0.1) is 0 Å². The normalized spacial score (nSPS) is 14.5. The maximum atomic E-state index is 11.6. The molecular formula is C16H22N2O4. The number of ether oxygens (including phenoxy) is 1. The first kappa shape index (κ1) is 16.3. The zero-order chi connectivity index (χ0) is 16.3.